The number of amides is 1. The summed E-state index contributed by atoms with van der Waals surface area (Å²) in [7, 11) is 1.75. The van der Waals surface area contributed by atoms with Gasteiger partial charge in [0, 0.05) is 30.8 Å². The second-order valence-corrected chi connectivity index (χ2v) is 6.49. The molecule has 0 saturated heterocycles. The fourth-order valence-corrected chi connectivity index (χ4v) is 2.78. The summed E-state index contributed by atoms with van der Waals surface area (Å²) in [6.45, 7) is 1.54. The van der Waals surface area contributed by atoms with Crippen LogP contribution in [0, 0.1) is 0 Å². The standard InChI is InChI=1S/C14H13BrN2OS/c1-10(18)17(2)12-5-3-11(4-6-12)16-9-13-7-8-14(15)19-13/h3-9H,1-2H3. The Morgan fingerprint density at radius 1 is 1.26 bits per heavy atom. The zero-order valence-electron chi connectivity index (χ0n) is 10.6. The monoisotopic (exact) mass is 336 g/mol. The number of carbonyl (C=O) groups is 1. The van der Waals surface area contributed by atoms with Crippen LogP contribution in [0.3, 0.4) is 0 Å². The van der Waals surface area contributed by atoms with Crippen LogP contribution in [0.1, 0.15) is 11.8 Å². The molecular formula is C14H13BrN2OS. The number of benzene rings is 1. The number of hydrogen-bond acceptors (Lipinski definition) is 3. The predicted octanol–water partition coefficient (Wildman–Crippen LogP) is 4.24. The largest absolute Gasteiger partial charge is 0.316 e. The lowest BCUT2D eigenvalue weighted by molar-refractivity contribution is -0.116. The Morgan fingerprint density at radius 3 is 2.47 bits per heavy atom. The summed E-state index contributed by atoms with van der Waals surface area (Å²) in [5.41, 5.74) is 1.73. The summed E-state index contributed by atoms with van der Waals surface area (Å²) in [6.07, 6.45) is 1.83. The van der Waals surface area contributed by atoms with Crippen LogP contribution < -0.4 is 4.90 Å². The molecule has 0 bridgehead atoms. The normalized spacial score (nSPS) is 10.9. The van der Waals surface area contributed by atoms with E-state index < -0.39 is 0 Å². The van der Waals surface area contributed by atoms with Crippen molar-refractivity contribution in [3.05, 3.63) is 45.1 Å². The molecule has 1 amide bonds. The third-order valence-corrected chi connectivity index (χ3v) is 4.20. The van der Waals surface area contributed by atoms with Crippen LogP contribution in [0.4, 0.5) is 11.4 Å². The number of rotatable bonds is 3. The van der Waals surface area contributed by atoms with Gasteiger partial charge in [0.05, 0.1) is 9.47 Å². The Hall–Kier alpha value is -1.46. The Labute approximate surface area is 124 Å². The fraction of sp³-hybridized carbons (Fsp3) is 0.143. The number of halogens is 1. The van der Waals surface area contributed by atoms with Crippen LogP contribution in [0.25, 0.3) is 0 Å². The van der Waals surface area contributed by atoms with Crippen molar-refractivity contribution in [2.45, 2.75) is 6.92 Å². The molecule has 0 spiro atoms. The van der Waals surface area contributed by atoms with Crippen LogP contribution in [0.15, 0.2) is 45.2 Å². The van der Waals surface area contributed by atoms with Gasteiger partial charge in [0.1, 0.15) is 0 Å². The maximum Gasteiger partial charge on any atom is 0.223 e. The highest BCUT2D eigenvalue weighted by molar-refractivity contribution is 9.11. The Balaban J connectivity index is 2.10. The van der Waals surface area contributed by atoms with Gasteiger partial charge in [0.25, 0.3) is 0 Å². The van der Waals surface area contributed by atoms with Crippen molar-refractivity contribution in [3.63, 3.8) is 0 Å². The Bertz CT molecular complexity index is 604. The van der Waals surface area contributed by atoms with Crippen molar-refractivity contribution in [1.82, 2.24) is 0 Å². The molecule has 0 atom stereocenters. The van der Waals surface area contributed by atoms with Gasteiger partial charge in [0.2, 0.25) is 5.91 Å². The summed E-state index contributed by atoms with van der Waals surface area (Å²) in [6, 6.07) is 11.6. The lowest BCUT2D eigenvalue weighted by Gasteiger charge is -2.14. The average molecular weight is 337 g/mol. The van der Waals surface area contributed by atoms with Gasteiger partial charge >= 0.3 is 0 Å². The van der Waals surface area contributed by atoms with Crippen molar-refractivity contribution in [2.75, 3.05) is 11.9 Å². The van der Waals surface area contributed by atoms with Gasteiger partial charge in [-0.2, -0.15) is 0 Å². The van der Waals surface area contributed by atoms with E-state index in [0.29, 0.717) is 0 Å². The third-order valence-electron chi connectivity index (χ3n) is 2.64. The van der Waals surface area contributed by atoms with Crippen LogP contribution in [0.2, 0.25) is 0 Å². The second kappa shape index (κ2) is 6.12. The van der Waals surface area contributed by atoms with E-state index in [-0.39, 0.29) is 5.91 Å². The molecule has 0 aliphatic heterocycles. The highest BCUT2D eigenvalue weighted by atomic mass is 79.9. The molecule has 0 fully saturated rings. The van der Waals surface area contributed by atoms with Gasteiger partial charge in [0.15, 0.2) is 0 Å². The smallest absolute Gasteiger partial charge is 0.223 e. The molecule has 0 radical (unpaired) electrons. The van der Waals surface area contributed by atoms with Gasteiger partial charge in [-0.15, -0.1) is 11.3 Å². The molecule has 2 rings (SSSR count). The van der Waals surface area contributed by atoms with E-state index in [0.717, 1.165) is 20.0 Å². The molecule has 0 unspecified atom stereocenters. The molecule has 19 heavy (non-hydrogen) atoms. The molecule has 1 aromatic heterocycles. The lowest BCUT2D eigenvalue weighted by atomic mass is 10.2. The SMILES string of the molecule is CC(=O)N(C)c1ccc(N=Cc2ccc(Br)s2)cc1. The minimum atomic E-state index is 0.0136. The van der Waals surface area contributed by atoms with Crippen molar-refractivity contribution in [2.24, 2.45) is 4.99 Å². The van der Waals surface area contributed by atoms with Gasteiger partial charge in [-0.3, -0.25) is 9.79 Å². The molecule has 0 N–H and O–H groups in total. The van der Waals surface area contributed by atoms with E-state index in [4.69, 9.17) is 0 Å². The van der Waals surface area contributed by atoms with Gasteiger partial charge in [-0.25, -0.2) is 0 Å². The molecule has 5 heteroatoms. The zero-order chi connectivity index (χ0) is 13.8. The van der Waals surface area contributed by atoms with Crippen molar-refractivity contribution in [3.8, 4) is 0 Å². The quantitative estimate of drug-likeness (QED) is 0.771. The highest BCUT2D eigenvalue weighted by Crippen LogP contribution is 2.22. The first-order valence-electron chi connectivity index (χ1n) is 5.70. The first kappa shape index (κ1) is 14.0. The van der Waals surface area contributed by atoms with E-state index >= 15 is 0 Å². The Morgan fingerprint density at radius 2 is 1.95 bits per heavy atom. The Kier molecular flexibility index (Phi) is 4.50. The molecule has 0 saturated carbocycles. The number of hydrogen-bond donors (Lipinski definition) is 0. The molecule has 2 aromatic rings. The molecule has 1 heterocycles. The van der Waals surface area contributed by atoms with E-state index in [9.17, 15) is 4.79 Å². The molecular weight excluding hydrogens is 324 g/mol. The minimum absolute atomic E-state index is 0.0136. The lowest BCUT2D eigenvalue weighted by Crippen LogP contribution is -2.22. The van der Waals surface area contributed by atoms with Crippen molar-refractivity contribution in [1.29, 1.82) is 0 Å². The van der Waals surface area contributed by atoms with Gasteiger partial charge in [-0.1, -0.05) is 0 Å². The van der Waals surface area contributed by atoms with Crippen molar-refractivity contribution < 1.29 is 4.79 Å². The van der Waals surface area contributed by atoms with Crippen LogP contribution >= 0.6 is 27.3 Å². The van der Waals surface area contributed by atoms with E-state index in [2.05, 4.69) is 20.9 Å². The van der Waals surface area contributed by atoms with E-state index in [1.807, 2.05) is 42.6 Å². The summed E-state index contributed by atoms with van der Waals surface area (Å²) in [4.78, 5) is 18.3. The van der Waals surface area contributed by atoms with Crippen molar-refractivity contribution >= 4 is 50.8 Å². The van der Waals surface area contributed by atoms with Gasteiger partial charge in [-0.05, 0) is 52.3 Å². The second-order valence-electron chi connectivity index (χ2n) is 3.99. The van der Waals surface area contributed by atoms with Crippen LogP contribution in [-0.4, -0.2) is 19.2 Å². The number of anilines is 1. The first-order chi connectivity index (χ1) is 9.06. The summed E-state index contributed by atoms with van der Waals surface area (Å²) < 4.78 is 1.09. The maximum absolute atomic E-state index is 11.2. The van der Waals surface area contributed by atoms with E-state index in [1.54, 1.807) is 30.2 Å². The average Bonchev–Trinajstić information content (AvgIpc) is 2.82. The molecule has 0 aliphatic rings. The first-order valence-corrected chi connectivity index (χ1v) is 7.31. The topological polar surface area (TPSA) is 32.7 Å². The molecule has 1 aromatic carbocycles. The molecule has 3 nitrogen and oxygen atoms in total. The van der Waals surface area contributed by atoms with E-state index in [1.165, 1.54) is 0 Å². The van der Waals surface area contributed by atoms with Crippen LogP contribution in [-0.2, 0) is 4.79 Å². The fourth-order valence-electron chi connectivity index (χ4n) is 1.48. The summed E-state index contributed by atoms with van der Waals surface area (Å²) in [5, 5.41) is 0. The van der Waals surface area contributed by atoms with Gasteiger partial charge < -0.3 is 4.90 Å². The third kappa shape index (κ3) is 3.75. The number of thiophene rings is 1. The minimum Gasteiger partial charge on any atom is -0.316 e. The summed E-state index contributed by atoms with van der Waals surface area (Å²) in [5.74, 6) is 0.0136. The highest BCUT2D eigenvalue weighted by Gasteiger charge is 2.04. The number of aliphatic imine (C=N–C) groups is 1. The predicted molar refractivity (Wildman–Crippen MR) is 84.8 cm³/mol. The number of carbonyl (C=O) groups excluding carboxylic acids is 1. The molecule has 0 aliphatic carbocycles. The molecule has 98 valence electrons. The maximum atomic E-state index is 11.2. The number of nitrogens with zero attached hydrogens (tertiary/aromatic N) is 2. The van der Waals surface area contributed by atoms with Crippen LogP contribution in [0.5, 0.6) is 0 Å². The summed E-state index contributed by atoms with van der Waals surface area (Å²) >= 11 is 5.05. The zero-order valence-corrected chi connectivity index (χ0v) is 13.0.